The fourth-order valence-electron chi connectivity index (χ4n) is 1.74. The molecule has 5 heteroatoms. The Hall–Kier alpha value is -1.38. The van der Waals surface area contributed by atoms with Crippen LogP contribution in [0.4, 0.5) is 0 Å². The van der Waals surface area contributed by atoms with Crippen LogP contribution in [-0.2, 0) is 9.53 Å². The van der Waals surface area contributed by atoms with E-state index in [9.17, 15) is 4.79 Å². The lowest BCUT2D eigenvalue weighted by molar-refractivity contribution is -0.114. The molecule has 0 aliphatic carbocycles. The first-order chi connectivity index (χ1) is 7.47. The van der Waals surface area contributed by atoms with Crippen LogP contribution in [0.15, 0.2) is 11.6 Å². The first-order valence-corrected chi connectivity index (χ1v) is 5.23. The monoisotopic (exact) mass is 223 g/mol. The van der Waals surface area contributed by atoms with Crippen molar-refractivity contribution in [3.05, 3.63) is 11.6 Å². The molecule has 5 nitrogen and oxygen atoms in total. The predicted octanol–water partition coefficient (Wildman–Crippen LogP) is 0.0325. The molecule has 0 aromatic heterocycles. The number of morpholine rings is 1. The number of rotatable bonds is 3. The number of hydrogen-bond donors (Lipinski definition) is 1. The van der Waals surface area contributed by atoms with E-state index in [2.05, 4.69) is 4.90 Å². The number of carbonyl (C=O) groups excluding carboxylic acids is 1. The Morgan fingerprint density at radius 1 is 1.50 bits per heavy atom. The van der Waals surface area contributed by atoms with Crippen LogP contribution in [0.5, 0.6) is 0 Å². The van der Waals surface area contributed by atoms with Gasteiger partial charge in [-0.3, -0.25) is 9.69 Å². The third-order valence-corrected chi connectivity index (χ3v) is 2.71. The summed E-state index contributed by atoms with van der Waals surface area (Å²) >= 11 is 0. The second-order valence-electron chi connectivity index (χ2n) is 4.29. The van der Waals surface area contributed by atoms with Crippen molar-refractivity contribution in [1.82, 2.24) is 4.90 Å². The number of primary amides is 1. The largest absolute Gasteiger partial charge is 0.379 e. The van der Waals surface area contributed by atoms with Crippen molar-refractivity contribution < 1.29 is 9.53 Å². The van der Waals surface area contributed by atoms with Crippen molar-refractivity contribution in [3.63, 3.8) is 0 Å². The fraction of sp³-hybridized carbons (Fsp3) is 0.636. The van der Waals surface area contributed by atoms with Gasteiger partial charge in [-0.25, -0.2) is 0 Å². The topological polar surface area (TPSA) is 79.3 Å². The molecule has 1 amide bonds. The lowest BCUT2D eigenvalue weighted by Gasteiger charge is -2.38. The van der Waals surface area contributed by atoms with E-state index in [-0.39, 0.29) is 11.1 Å². The minimum atomic E-state index is -0.677. The van der Waals surface area contributed by atoms with Gasteiger partial charge in [-0.15, -0.1) is 0 Å². The zero-order valence-corrected chi connectivity index (χ0v) is 9.69. The van der Waals surface area contributed by atoms with Gasteiger partial charge in [0.25, 0.3) is 5.91 Å². The van der Waals surface area contributed by atoms with Crippen molar-refractivity contribution in [1.29, 1.82) is 5.26 Å². The Labute approximate surface area is 95.5 Å². The summed E-state index contributed by atoms with van der Waals surface area (Å²) in [5.74, 6) is -0.677. The van der Waals surface area contributed by atoms with Crippen LogP contribution in [0.25, 0.3) is 0 Å². The summed E-state index contributed by atoms with van der Waals surface area (Å²) in [6.07, 6.45) is 1.63. The van der Waals surface area contributed by atoms with Crippen molar-refractivity contribution in [2.45, 2.75) is 19.4 Å². The average molecular weight is 223 g/mol. The molecule has 1 rings (SSSR count). The van der Waals surface area contributed by atoms with Crippen LogP contribution in [-0.4, -0.2) is 42.6 Å². The van der Waals surface area contributed by atoms with Gasteiger partial charge >= 0.3 is 0 Å². The third kappa shape index (κ3) is 3.05. The summed E-state index contributed by atoms with van der Waals surface area (Å²) in [6.45, 7) is 6.85. The summed E-state index contributed by atoms with van der Waals surface area (Å²) in [5, 5.41) is 8.80. The lowest BCUT2D eigenvalue weighted by atomic mass is 9.98. The first kappa shape index (κ1) is 12.7. The maximum atomic E-state index is 11.0. The highest BCUT2D eigenvalue weighted by Crippen LogP contribution is 2.19. The summed E-state index contributed by atoms with van der Waals surface area (Å²) in [4.78, 5) is 13.1. The molecule has 2 N–H and O–H groups in total. The van der Waals surface area contributed by atoms with Gasteiger partial charge < -0.3 is 10.5 Å². The summed E-state index contributed by atoms with van der Waals surface area (Å²) in [6, 6.07) is 1.83. The Kier molecular flexibility index (Phi) is 4.05. The molecule has 0 spiro atoms. The zero-order chi connectivity index (χ0) is 12.2. The number of carbonyl (C=O) groups is 1. The Bertz CT molecular complexity index is 336. The first-order valence-electron chi connectivity index (χ1n) is 5.23. The Morgan fingerprint density at radius 3 is 2.50 bits per heavy atom. The molecule has 1 fully saturated rings. The second kappa shape index (κ2) is 5.10. The molecule has 0 aromatic carbocycles. The van der Waals surface area contributed by atoms with E-state index in [1.807, 2.05) is 19.9 Å². The van der Waals surface area contributed by atoms with Crippen LogP contribution in [0.3, 0.4) is 0 Å². The average Bonchev–Trinajstić information content (AvgIpc) is 2.27. The molecule has 0 atom stereocenters. The smallest absolute Gasteiger partial charge is 0.259 e. The summed E-state index contributed by atoms with van der Waals surface area (Å²) in [7, 11) is 0. The molecule has 0 aromatic rings. The van der Waals surface area contributed by atoms with Crippen LogP contribution in [0.1, 0.15) is 13.8 Å². The molecule has 1 aliphatic heterocycles. The molecule has 0 bridgehead atoms. The van der Waals surface area contributed by atoms with Crippen LogP contribution >= 0.6 is 0 Å². The van der Waals surface area contributed by atoms with Crippen molar-refractivity contribution in [2.75, 3.05) is 26.3 Å². The highest BCUT2D eigenvalue weighted by Gasteiger charge is 2.27. The van der Waals surface area contributed by atoms with Gasteiger partial charge in [0.2, 0.25) is 0 Å². The van der Waals surface area contributed by atoms with E-state index in [0.29, 0.717) is 13.2 Å². The molecule has 88 valence electrons. The molecular weight excluding hydrogens is 206 g/mol. The molecule has 1 aliphatic rings. The summed E-state index contributed by atoms with van der Waals surface area (Å²) < 4.78 is 5.25. The quantitative estimate of drug-likeness (QED) is 0.541. The summed E-state index contributed by atoms with van der Waals surface area (Å²) in [5.41, 5.74) is 4.76. The molecule has 0 unspecified atom stereocenters. The van der Waals surface area contributed by atoms with Gasteiger partial charge in [-0.2, -0.15) is 5.26 Å². The van der Waals surface area contributed by atoms with Crippen molar-refractivity contribution in [3.8, 4) is 6.07 Å². The molecule has 0 radical (unpaired) electrons. The second-order valence-corrected chi connectivity index (χ2v) is 4.29. The lowest BCUT2D eigenvalue weighted by Crippen LogP contribution is -2.49. The van der Waals surface area contributed by atoms with Crippen molar-refractivity contribution >= 4 is 5.91 Å². The molecule has 16 heavy (non-hydrogen) atoms. The number of amides is 1. The Balaban J connectivity index is 2.83. The minimum absolute atomic E-state index is 0.0106. The van der Waals surface area contributed by atoms with Gasteiger partial charge in [0.1, 0.15) is 11.6 Å². The predicted molar refractivity (Wildman–Crippen MR) is 59.4 cm³/mol. The Morgan fingerprint density at radius 2 is 2.06 bits per heavy atom. The highest BCUT2D eigenvalue weighted by atomic mass is 16.5. The van der Waals surface area contributed by atoms with Gasteiger partial charge in [0.05, 0.1) is 13.2 Å². The number of ether oxygens (including phenoxy) is 1. The zero-order valence-electron chi connectivity index (χ0n) is 9.69. The van der Waals surface area contributed by atoms with E-state index >= 15 is 0 Å². The third-order valence-electron chi connectivity index (χ3n) is 2.71. The van der Waals surface area contributed by atoms with E-state index in [0.717, 1.165) is 13.1 Å². The SMILES string of the molecule is CC(C)(C=C(C#N)C(N)=O)N1CCOCC1. The van der Waals surface area contributed by atoms with Gasteiger partial charge in [0, 0.05) is 18.6 Å². The molecular formula is C11H17N3O2. The van der Waals surface area contributed by atoms with E-state index < -0.39 is 5.91 Å². The van der Waals surface area contributed by atoms with Gasteiger partial charge in [-0.05, 0) is 19.9 Å². The van der Waals surface area contributed by atoms with E-state index in [4.69, 9.17) is 15.7 Å². The van der Waals surface area contributed by atoms with Crippen molar-refractivity contribution in [2.24, 2.45) is 5.73 Å². The number of nitrogens with zero attached hydrogens (tertiary/aromatic N) is 2. The van der Waals surface area contributed by atoms with Gasteiger partial charge in [-0.1, -0.05) is 0 Å². The van der Waals surface area contributed by atoms with Crippen LogP contribution in [0.2, 0.25) is 0 Å². The number of hydrogen-bond acceptors (Lipinski definition) is 4. The molecule has 1 saturated heterocycles. The van der Waals surface area contributed by atoms with E-state index in [1.54, 1.807) is 6.08 Å². The number of nitrogens with two attached hydrogens (primary N) is 1. The van der Waals surface area contributed by atoms with Crippen LogP contribution in [0, 0.1) is 11.3 Å². The minimum Gasteiger partial charge on any atom is -0.379 e. The number of nitriles is 1. The molecule has 1 heterocycles. The maximum absolute atomic E-state index is 11.0. The van der Waals surface area contributed by atoms with Crippen LogP contribution < -0.4 is 5.73 Å². The van der Waals surface area contributed by atoms with E-state index in [1.165, 1.54) is 0 Å². The van der Waals surface area contributed by atoms with Gasteiger partial charge in [0.15, 0.2) is 0 Å². The highest BCUT2D eigenvalue weighted by molar-refractivity contribution is 5.96. The standard InChI is InChI=1S/C11H17N3O2/c1-11(2,7-9(8-12)10(13)15)14-3-5-16-6-4-14/h7H,3-6H2,1-2H3,(H2,13,15). The molecule has 0 saturated carbocycles. The normalized spacial score (nSPS) is 19.2. The maximum Gasteiger partial charge on any atom is 0.259 e. The fourth-order valence-corrected chi connectivity index (χ4v) is 1.74.